The van der Waals surface area contributed by atoms with E-state index in [1.54, 1.807) is 0 Å². The maximum atomic E-state index is 8.12. The number of hydrogen-bond donors (Lipinski definition) is 0. The van der Waals surface area contributed by atoms with Crippen LogP contribution in [0.5, 0.6) is 0 Å². The van der Waals surface area contributed by atoms with Gasteiger partial charge in [-0.3, -0.25) is 0 Å². The van der Waals surface area contributed by atoms with Crippen LogP contribution in [-0.4, -0.2) is 0 Å². The molecule has 0 amide bonds. The molecule has 0 heterocycles. The Hall–Kier alpha value is 3.80. The zero-order valence-electron chi connectivity index (χ0n) is 3.58. The van der Waals surface area contributed by atoms with Crippen LogP contribution in [0.4, 0.5) is 0 Å². The fourth-order valence-corrected chi connectivity index (χ4v) is 0. The molecular formula is H2Br5Cr3O+3. The second kappa shape index (κ2) is 95.4. The summed E-state index contributed by atoms with van der Waals surface area (Å²) in [5.41, 5.74) is 0. The zero-order valence-corrected chi connectivity index (χ0v) is 15.6. The van der Waals surface area contributed by atoms with Crippen molar-refractivity contribution in [1.29, 1.82) is 0 Å². The minimum atomic E-state index is 0. The fourth-order valence-electron chi connectivity index (χ4n) is 0. The van der Waals surface area contributed by atoms with Crippen LogP contribution in [0.3, 0.4) is 0 Å². The van der Waals surface area contributed by atoms with Crippen LogP contribution in [0.1, 0.15) is 0 Å². The Labute approximate surface area is 137 Å². The van der Waals surface area contributed by atoms with Crippen molar-refractivity contribution in [3.8, 4) is 0 Å². The molecule has 0 saturated carbocycles. The van der Waals surface area contributed by atoms with Crippen LogP contribution >= 0.6 is 34.0 Å². The number of hydrogen-bond acceptors (Lipinski definition) is 1. The van der Waals surface area contributed by atoms with Gasteiger partial charge in [0, 0.05) is 0 Å². The maximum absolute atomic E-state index is 8.12. The summed E-state index contributed by atoms with van der Waals surface area (Å²) in [4.78, 5) is 0. The molecule has 0 spiro atoms. The van der Waals surface area contributed by atoms with Crippen molar-refractivity contribution in [2.24, 2.45) is 0 Å². The Kier molecular flexibility index (Phi) is 820. The van der Waals surface area contributed by atoms with E-state index in [1.165, 1.54) is 16.2 Å². The van der Waals surface area contributed by atoms with Crippen LogP contribution < -0.4 is 50.9 Å². The normalized spacial score (nSPS) is 0.444. The van der Waals surface area contributed by atoms with Gasteiger partial charge in [0.15, 0.2) is 0 Å². The van der Waals surface area contributed by atoms with Crippen molar-refractivity contribution in [3.63, 3.8) is 0 Å². The Morgan fingerprint density at radius 1 is 0.667 bits per heavy atom. The molecule has 58 valence electrons. The van der Waals surface area contributed by atoms with Gasteiger partial charge in [-0.05, 0) is 0 Å². The molecule has 9 heavy (non-hydrogen) atoms. The molecule has 0 aliphatic rings. The van der Waals surface area contributed by atoms with Crippen LogP contribution in [0, 0.1) is 0 Å². The zero-order chi connectivity index (χ0) is 2.00. The van der Waals surface area contributed by atoms with Gasteiger partial charge in [0.1, 0.15) is 0 Å². The van der Waals surface area contributed by atoms with Crippen LogP contribution in [0.15, 0.2) is 0 Å². The Balaban J connectivity index is -0.000000000238. The Bertz CT molecular complexity index is 12.2. The van der Waals surface area contributed by atoms with E-state index in [0.717, 1.165) is 0 Å². The van der Waals surface area contributed by atoms with E-state index in [0.29, 0.717) is 0 Å². The summed E-state index contributed by atoms with van der Waals surface area (Å²) < 4.78 is 8.12. The summed E-state index contributed by atoms with van der Waals surface area (Å²) in [6, 6.07) is 0. The van der Waals surface area contributed by atoms with E-state index in [-0.39, 0.29) is 120 Å². The monoisotopic (exact) mass is 568 g/mol. The third kappa shape index (κ3) is 78.5. The second-order valence-corrected chi connectivity index (χ2v) is 0. The molecule has 0 N–H and O–H groups in total. The molecule has 0 aliphatic carbocycles. The molecule has 0 fully saturated rings. The fraction of sp³-hybridized carbons (Fsp3) is 0. The SMILES string of the molecule is Br.Br.[Br-].[Br-].[Br-].[Cr+3].[Cr+3].[O]=[Cr]. The summed E-state index contributed by atoms with van der Waals surface area (Å²) >= 11 is 1.38. The van der Waals surface area contributed by atoms with Gasteiger partial charge in [0.05, 0.1) is 0 Å². The van der Waals surface area contributed by atoms with E-state index >= 15 is 0 Å². The second-order valence-electron chi connectivity index (χ2n) is 0. The van der Waals surface area contributed by atoms with Gasteiger partial charge in [0.2, 0.25) is 0 Å². The first-order chi connectivity index (χ1) is 1.00. The summed E-state index contributed by atoms with van der Waals surface area (Å²) in [7, 11) is 0. The first-order valence-electron chi connectivity index (χ1n) is 0.167. The molecule has 0 bridgehead atoms. The van der Waals surface area contributed by atoms with Crippen LogP contribution in [0.25, 0.3) is 0 Å². The molecule has 0 unspecified atom stereocenters. The van der Waals surface area contributed by atoms with Gasteiger partial charge >= 0.3 is 54.8 Å². The molecule has 0 aromatic rings. The average molecular weight is 574 g/mol. The van der Waals surface area contributed by atoms with Crippen molar-refractivity contribution in [1.82, 2.24) is 0 Å². The standard InChI is InChI=1S/5BrH.3Cr.O/h5*1H;;;;/q;;;;;;2*+3;/p-3. The minimum absolute atomic E-state index is 0. The van der Waals surface area contributed by atoms with E-state index in [2.05, 4.69) is 0 Å². The molecule has 0 saturated heterocycles. The van der Waals surface area contributed by atoms with Gasteiger partial charge in [-0.2, -0.15) is 0 Å². The summed E-state index contributed by atoms with van der Waals surface area (Å²) in [6.45, 7) is 0. The van der Waals surface area contributed by atoms with Crippen LogP contribution in [0.2, 0.25) is 0 Å². The van der Waals surface area contributed by atoms with Crippen molar-refractivity contribution >= 4 is 34.0 Å². The van der Waals surface area contributed by atoms with Crippen molar-refractivity contribution in [3.05, 3.63) is 0 Å². The predicted molar refractivity (Wildman–Crippen MR) is 21.3 cm³/mol. The Morgan fingerprint density at radius 2 is 0.667 bits per heavy atom. The van der Waals surface area contributed by atoms with Crippen molar-refractivity contribution < 1.29 is 106 Å². The third-order valence-electron chi connectivity index (χ3n) is 0. The first kappa shape index (κ1) is 77.4. The van der Waals surface area contributed by atoms with Gasteiger partial charge in [-0.15, -0.1) is 34.0 Å². The molecule has 0 aromatic carbocycles. The topological polar surface area (TPSA) is 17.1 Å². The summed E-state index contributed by atoms with van der Waals surface area (Å²) in [6.07, 6.45) is 0. The molecule has 0 rings (SSSR count). The third-order valence-corrected chi connectivity index (χ3v) is 0. The summed E-state index contributed by atoms with van der Waals surface area (Å²) in [5.74, 6) is 0. The molecule has 2 radical (unpaired) electrons. The van der Waals surface area contributed by atoms with Gasteiger partial charge in [-0.1, -0.05) is 0 Å². The molecular weight excluding hydrogens is 572 g/mol. The summed E-state index contributed by atoms with van der Waals surface area (Å²) in [5, 5.41) is 0. The molecule has 1 nitrogen and oxygen atoms in total. The van der Waals surface area contributed by atoms with E-state index < -0.39 is 0 Å². The first-order valence-corrected chi connectivity index (χ1v) is 0.687. The Morgan fingerprint density at radius 3 is 0.667 bits per heavy atom. The molecule has 9 heteroatoms. The van der Waals surface area contributed by atoms with Crippen LogP contribution in [-0.2, 0) is 54.8 Å². The van der Waals surface area contributed by atoms with Gasteiger partial charge in [0.25, 0.3) is 0 Å². The van der Waals surface area contributed by atoms with E-state index in [1.807, 2.05) is 0 Å². The van der Waals surface area contributed by atoms with E-state index in [4.69, 9.17) is 3.80 Å². The molecule has 0 atom stereocenters. The van der Waals surface area contributed by atoms with Gasteiger partial charge in [-0.25, -0.2) is 0 Å². The van der Waals surface area contributed by atoms with Crippen molar-refractivity contribution in [2.45, 2.75) is 0 Å². The number of rotatable bonds is 0. The van der Waals surface area contributed by atoms with Crippen molar-refractivity contribution in [2.75, 3.05) is 0 Å². The van der Waals surface area contributed by atoms with E-state index in [9.17, 15) is 0 Å². The quantitative estimate of drug-likeness (QED) is 0.282. The molecule has 0 aliphatic heterocycles. The average Bonchev–Trinajstić information content (AvgIpc) is 1.00. The van der Waals surface area contributed by atoms with Gasteiger partial charge < -0.3 is 50.9 Å². The molecule has 0 aromatic heterocycles. The predicted octanol–water partition coefficient (Wildman–Crippen LogP) is -7.96. The number of halogens is 5.